The van der Waals surface area contributed by atoms with Crippen LogP contribution < -0.4 is 0 Å². The van der Waals surface area contributed by atoms with Crippen LogP contribution in [0, 0.1) is 0 Å². The van der Waals surface area contributed by atoms with E-state index in [1.54, 1.807) is 0 Å². The third-order valence-corrected chi connectivity index (χ3v) is 3.11. The molecule has 0 unspecified atom stereocenters. The summed E-state index contributed by atoms with van der Waals surface area (Å²) in [7, 11) is 4.22. The number of benzene rings is 1. The van der Waals surface area contributed by atoms with Gasteiger partial charge in [0.25, 0.3) is 0 Å². The Labute approximate surface area is 109 Å². The first-order chi connectivity index (χ1) is 8.77. The van der Waals surface area contributed by atoms with Gasteiger partial charge in [-0.3, -0.25) is 4.98 Å². The molecule has 0 spiro atoms. The first-order valence-electron chi connectivity index (χ1n) is 6.38. The van der Waals surface area contributed by atoms with Crippen LogP contribution >= 0.6 is 0 Å². The topological polar surface area (TPSA) is 16.1 Å². The molecule has 0 N–H and O–H groups in total. The van der Waals surface area contributed by atoms with Gasteiger partial charge in [-0.25, -0.2) is 0 Å². The van der Waals surface area contributed by atoms with Gasteiger partial charge >= 0.3 is 0 Å². The summed E-state index contributed by atoms with van der Waals surface area (Å²) < 4.78 is 0. The number of nitrogens with zero attached hydrogens (tertiary/aromatic N) is 2. The smallest absolute Gasteiger partial charge is 0.0478 e. The van der Waals surface area contributed by atoms with Crippen molar-refractivity contribution in [3.8, 4) is 0 Å². The second-order valence-electron chi connectivity index (χ2n) is 4.81. The summed E-state index contributed by atoms with van der Waals surface area (Å²) in [4.78, 5) is 6.74. The van der Waals surface area contributed by atoms with Crippen molar-refractivity contribution < 1.29 is 0 Å². The van der Waals surface area contributed by atoms with E-state index in [9.17, 15) is 0 Å². The van der Waals surface area contributed by atoms with Gasteiger partial charge < -0.3 is 4.90 Å². The van der Waals surface area contributed by atoms with Crippen LogP contribution in [-0.2, 0) is 0 Å². The maximum absolute atomic E-state index is 4.51. The van der Waals surface area contributed by atoms with Crippen LogP contribution in [0.2, 0.25) is 0 Å². The van der Waals surface area contributed by atoms with Crippen molar-refractivity contribution in [1.29, 1.82) is 0 Å². The molecule has 0 aliphatic heterocycles. The summed E-state index contributed by atoms with van der Waals surface area (Å²) in [6.07, 6.45) is 2.97. The van der Waals surface area contributed by atoms with E-state index < -0.39 is 0 Å². The predicted molar refractivity (Wildman–Crippen MR) is 75.7 cm³/mol. The van der Waals surface area contributed by atoms with Crippen molar-refractivity contribution in [2.75, 3.05) is 20.6 Å². The SMILES string of the molecule is CN(C)CC[C@H](c1ccccc1)c1ccccn1. The number of aromatic nitrogens is 1. The summed E-state index contributed by atoms with van der Waals surface area (Å²) >= 11 is 0. The first-order valence-corrected chi connectivity index (χ1v) is 6.38. The van der Waals surface area contributed by atoms with Crippen LogP contribution in [0.1, 0.15) is 23.6 Å². The molecule has 2 heteroatoms. The zero-order valence-electron chi connectivity index (χ0n) is 11.1. The standard InChI is InChI=1S/C16H20N2/c1-18(2)13-11-15(14-8-4-3-5-9-14)16-10-6-7-12-17-16/h3-10,12,15H,11,13H2,1-2H3/t15-/m1/s1. The molecule has 2 nitrogen and oxygen atoms in total. The van der Waals surface area contributed by atoms with Crippen molar-refractivity contribution in [1.82, 2.24) is 9.88 Å². The quantitative estimate of drug-likeness (QED) is 0.798. The van der Waals surface area contributed by atoms with Gasteiger partial charge in [0.05, 0.1) is 0 Å². The number of pyridine rings is 1. The van der Waals surface area contributed by atoms with Crippen molar-refractivity contribution in [2.45, 2.75) is 12.3 Å². The van der Waals surface area contributed by atoms with Crippen molar-refractivity contribution in [3.63, 3.8) is 0 Å². The summed E-state index contributed by atoms with van der Waals surface area (Å²) in [6, 6.07) is 16.8. The highest BCUT2D eigenvalue weighted by molar-refractivity contribution is 5.28. The molecule has 1 atom stereocenters. The zero-order chi connectivity index (χ0) is 12.8. The van der Waals surface area contributed by atoms with Gasteiger partial charge in [-0.15, -0.1) is 0 Å². The molecule has 0 saturated heterocycles. The van der Waals surface area contributed by atoms with Crippen LogP contribution in [0.25, 0.3) is 0 Å². The average Bonchev–Trinajstić information content (AvgIpc) is 2.41. The molecule has 0 fully saturated rings. The lowest BCUT2D eigenvalue weighted by Crippen LogP contribution is -2.17. The van der Waals surface area contributed by atoms with E-state index in [2.05, 4.69) is 66.4 Å². The Kier molecular flexibility index (Phi) is 4.48. The van der Waals surface area contributed by atoms with Crippen LogP contribution in [0.3, 0.4) is 0 Å². The summed E-state index contributed by atoms with van der Waals surface area (Å²) in [5, 5.41) is 0. The third kappa shape index (κ3) is 3.41. The molecule has 2 rings (SSSR count). The van der Waals surface area contributed by atoms with E-state index in [-0.39, 0.29) is 0 Å². The molecule has 1 heterocycles. The van der Waals surface area contributed by atoms with Gasteiger partial charge in [0.2, 0.25) is 0 Å². The molecule has 0 bridgehead atoms. The highest BCUT2D eigenvalue weighted by atomic mass is 15.0. The molecule has 94 valence electrons. The second-order valence-corrected chi connectivity index (χ2v) is 4.81. The molecule has 0 amide bonds. The monoisotopic (exact) mass is 240 g/mol. The molecule has 0 radical (unpaired) electrons. The average molecular weight is 240 g/mol. The van der Waals surface area contributed by atoms with Gasteiger partial charge in [-0.05, 0) is 44.8 Å². The highest BCUT2D eigenvalue weighted by Crippen LogP contribution is 2.26. The fourth-order valence-corrected chi connectivity index (χ4v) is 2.14. The third-order valence-electron chi connectivity index (χ3n) is 3.11. The van der Waals surface area contributed by atoms with E-state index in [0.717, 1.165) is 18.7 Å². The van der Waals surface area contributed by atoms with Gasteiger partial charge in [-0.1, -0.05) is 36.4 Å². The van der Waals surface area contributed by atoms with E-state index in [0.29, 0.717) is 5.92 Å². The van der Waals surface area contributed by atoms with E-state index in [1.165, 1.54) is 5.56 Å². The van der Waals surface area contributed by atoms with E-state index in [4.69, 9.17) is 0 Å². The minimum atomic E-state index is 0.384. The minimum Gasteiger partial charge on any atom is -0.309 e. The fraction of sp³-hybridized carbons (Fsp3) is 0.312. The van der Waals surface area contributed by atoms with Crippen LogP contribution in [-0.4, -0.2) is 30.5 Å². The van der Waals surface area contributed by atoms with Gasteiger partial charge in [0.1, 0.15) is 0 Å². The number of hydrogen-bond acceptors (Lipinski definition) is 2. The molecule has 0 aliphatic carbocycles. The number of rotatable bonds is 5. The van der Waals surface area contributed by atoms with Crippen molar-refractivity contribution in [3.05, 3.63) is 66.0 Å². The van der Waals surface area contributed by atoms with Crippen LogP contribution in [0.15, 0.2) is 54.7 Å². The molecule has 18 heavy (non-hydrogen) atoms. The van der Waals surface area contributed by atoms with Gasteiger partial charge in [0, 0.05) is 17.8 Å². The molecule has 0 saturated carbocycles. The molecule has 1 aromatic heterocycles. The minimum absolute atomic E-state index is 0.384. The van der Waals surface area contributed by atoms with Gasteiger partial charge in [-0.2, -0.15) is 0 Å². The van der Waals surface area contributed by atoms with Crippen molar-refractivity contribution >= 4 is 0 Å². The normalized spacial score (nSPS) is 12.6. The molecule has 1 aromatic carbocycles. The largest absolute Gasteiger partial charge is 0.309 e. The Hall–Kier alpha value is -1.67. The lowest BCUT2D eigenvalue weighted by molar-refractivity contribution is 0.389. The Morgan fingerprint density at radius 3 is 2.33 bits per heavy atom. The Morgan fingerprint density at radius 1 is 1.00 bits per heavy atom. The zero-order valence-corrected chi connectivity index (χ0v) is 11.1. The van der Waals surface area contributed by atoms with Crippen molar-refractivity contribution in [2.24, 2.45) is 0 Å². The number of hydrogen-bond donors (Lipinski definition) is 0. The second kappa shape index (κ2) is 6.31. The Balaban J connectivity index is 2.24. The summed E-state index contributed by atoms with van der Waals surface area (Å²) in [5.74, 6) is 0.384. The summed E-state index contributed by atoms with van der Waals surface area (Å²) in [6.45, 7) is 1.07. The molecular weight excluding hydrogens is 220 g/mol. The first kappa shape index (κ1) is 12.8. The lowest BCUT2D eigenvalue weighted by Gasteiger charge is -2.19. The Bertz CT molecular complexity index is 412. The molecular formula is C16H20N2. The fourth-order valence-electron chi connectivity index (χ4n) is 2.14. The Morgan fingerprint density at radius 2 is 1.72 bits per heavy atom. The molecule has 0 aliphatic rings. The van der Waals surface area contributed by atoms with Crippen LogP contribution in [0.5, 0.6) is 0 Å². The lowest BCUT2D eigenvalue weighted by atomic mass is 9.92. The maximum Gasteiger partial charge on any atom is 0.0478 e. The molecule has 2 aromatic rings. The maximum atomic E-state index is 4.51. The predicted octanol–water partition coefficient (Wildman–Crippen LogP) is 3.17. The van der Waals surface area contributed by atoms with Gasteiger partial charge in [0.15, 0.2) is 0 Å². The van der Waals surface area contributed by atoms with Crippen LogP contribution in [0.4, 0.5) is 0 Å². The van der Waals surface area contributed by atoms with E-state index >= 15 is 0 Å². The summed E-state index contributed by atoms with van der Waals surface area (Å²) in [5.41, 5.74) is 2.50. The highest BCUT2D eigenvalue weighted by Gasteiger charge is 2.14. The van der Waals surface area contributed by atoms with E-state index in [1.807, 2.05) is 12.3 Å².